The molecule has 0 aromatic heterocycles. The van der Waals surface area contributed by atoms with Crippen LogP contribution >= 0.6 is 15.9 Å². The Morgan fingerprint density at radius 1 is 1.05 bits per heavy atom. The molecule has 0 aliphatic carbocycles. The number of ether oxygens (including phenoxy) is 1. The minimum Gasteiger partial charge on any atom is -0.489 e. The van der Waals surface area contributed by atoms with E-state index in [9.17, 15) is 0 Å². The number of halogens is 1. The molecule has 0 fully saturated rings. The van der Waals surface area contributed by atoms with E-state index in [4.69, 9.17) is 10.5 Å². The van der Waals surface area contributed by atoms with Crippen LogP contribution in [0, 0.1) is 0 Å². The highest BCUT2D eigenvalue weighted by Crippen LogP contribution is 2.25. The first-order chi connectivity index (χ1) is 9.34. The number of hydrogen-bond donors (Lipinski definition) is 1. The number of rotatable bonds is 3. The Morgan fingerprint density at radius 3 is 2.25 bits per heavy atom. The van der Waals surface area contributed by atoms with Crippen LogP contribution in [0.4, 0.5) is 5.69 Å². The van der Waals surface area contributed by atoms with E-state index in [1.807, 2.05) is 18.2 Å². The third-order valence-corrected chi connectivity index (χ3v) is 3.58. The molecule has 0 aliphatic rings. The van der Waals surface area contributed by atoms with Crippen LogP contribution in [0.1, 0.15) is 31.9 Å². The smallest absolute Gasteiger partial charge is 0.122 e. The standard InChI is InChI=1S/C17H20BrNO/c1-17(2,3)13-6-4-12(5-7-13)11-20-16-9-14(18)8-15(19)10-16/h4-10H,11,19H2,1-3H3. The molecule has 0 saturated heterocycles. The largest absolute Gasteiger partial charge is 0.489 e. The Kier molecular flexibility index (Phi) is 4.39. The first-order valence-electron chi connectivity index (χ1n) is 6.63. The highest BCUT2D eigenvalue weighted by Gasteiger charge is 2.12. The first-order valence-corrected chi connectivity index (χ1v) is 7.42. The topological polar surface area (TPSA) is 35.2 Å². The van der Waals surface area contributed by atoms with Crippen molar-refractivity contribution in [3.05, 3.63) is 58.1 Å². The summed E-state index contributed by atoms with van der Waals surface area (Å²) >= 11 is 3.41. The van der Waals surface area contributed by atoms with Crippen LogP contribution in [0.25, 0.3) is 0 Å². The predicted molar refractivity (Wildman–Crippen MR) is 88.0 cm³/mol. The lowest BCUT2D eigenvalue weighted by Crippen LogP contribution is -2.10. The van der Waals surface area contributed by atoms with Gasteiger partial charge < -0.3 is 10.5 Å². The van der Waals surface area contributed by atoms with Crippen molar-refractivity contribution in [3.8, 4) is 5.75 Å². The second-order valence-electron chi connectivity index (χ2n) is 5.96. The van der Waals surface area contributed by atoms with E-state index in [0.717, 1.165) is 15.8 Å². The van der Waals surface area contributed by atoms with Gasteiger partial charge in [0.05, 0.1) is 0 Å². The summed E-state index contributed by atoms with van der Waals surface area (Å²) in [6, 6.07) is 14.1. The Balaban J connectivity index is 2.04. The number of nitrogen functional groups attached to an aromatic ring is 1. The van der Waals surface area contributed by atoms with Crippen molar-refractivity contribution >= 4 is 21.6 Å². The summed E-state index contributed by atoms with van der Waals surface area (Å²) in [4.78, 5) is 0. The molecule has 0 atom stereocenters. The molecular formula is C17H20BrNO. The molecule has 2 nitrogen and oxygen atoms in total. The zero-order valence-electron chi connectivity index (χ0n) is 12.1. The lowest BCUT2D eigenvalue weighted by atomic mass is 9.87. The van der Waals surface area contributed by atoms with Gasteiger partial charge in [-0.15, -0.1) is 0 Å². The summed E-state index contributed by atoms with van der Waals surface area (Å²) in [5.74, 6) is 0.775. The molecule has 0 amide bonds. The van der Waals surface area contributed by atoms with Crippen LogP contribution in [0.5, 0.6) is 5.75 Å². The molecule has 0 bridgehead atoms. The molecule has 3 heteroatoms. The van der Waals surface area contributed by atoms with Crippen LogP contribution in [0.2, 0.25) is 0 Å². The fourth-order valence-electron chi connectivity index (χ4n) is 1.94. The fourth-order valence-corrected chi connectivity index (χ4v) is 2.43. The third kappa shape index (κ3) is 4.01. The number of nitrogens with two attached hydrogens (primary N) is 1. The van der Waals surface area contributed by atoms with Gasteiger partial charge in [-0.3, -0.25) is 0 Å². The van der Waals surface area contributed by atoms with Gasteiger partial charge in [0.1, 0.15) is 12.4 Å². The fraction of sp³-hybridized carbons (Fsp3) is 0.294. The van der Waals surface area contributed by atoms with Crippen molar-refractivity contribution in [2.45, 2.75) is 32.8 Å². The Hall–Kier alpha value is -1.48. The summed E-state index contributed by atoms with van der Waals surface area (Å²) in [5, 5.41) is 0. The SMILES string of the molecule is CC(C)(C)c1ccc(COc2cc(N)cc(Br)c2)cc1. The normalized spacial score (nSPS) is 11.4. The van der Waals surface area contributed by atoms with Crippen LogP contribution in [-0.2, 0) is 12.0 Å². The van der Waals surface area contributed by atoms with Crippen molar-refractivity contribution in [1.82, 2.24) is 0 Å². The number of anilines is 1. The van der Waals surface area contributed by atoms with E-state index in [2.05, 4.69) is 61.0 Å². The number of benzene rings is 2. The Bertz CT molecular complexity index is 565. The summed E-state index contributed by atoms with van der Waals surface area (Å²) in [6.45, 7) is 7.18. The molecule has 0 heterocycles. The van der Waals surface area contributed by atoms with Gasteiger partial charge in [0.25, 0.3) is 0 Å². The molecule has 106 valence electrons. The maximum atomic E-state index is 5.79. The minimum atomic E-state index is 0.179. The van der Waals surface area contributed by atoms with Gasteiger partial charge in [0.2, 0.25) is 0 Å². The quantitative estimate of drug-likeness (QED) is 0.810. The second-order valence-corrected chi connectivity index (χ2v) is 6.87. The average molecular weight is 334 g/mol. The molecule has 20 heavy (non-hydrogen) atoms. The highest BCUT2D eigenvalue weighted by atomic mass is 79.9. The molecule has 0 unspecified atom stereocenters. The molecule has 0 saturated carbocycles. The van der Waals surface area contributed by atoms with Crippen molar-refractivity contribution in [3.63, 3.8) is 0 Å². The molecule has 2 aromatic carbocycles. The zero-order chi connectivity index (χ0) is 14.8. The highest BCUT2D eigenvalue weighted by molar-refractivity contribution is 9.10. The van der Waals surface area contributed by atoms with Crippen LogP contribution in [0.3, 0.4) is 0 Å². The lowest BCUT2D eigenvalue weighted by molar-refractivity contribution is 0.306. The maximum absolute atomic E-state index is 5.79. The van der Waals surface area contributed by atoms with Crippen molar-refractivity contribution in [2.75, 3.05) is 5.73 Å². The summed E-state index contributed by atoms with van der Waals surface area (Å²) in [7, 11) is 0. The van der Waals surface area contributed by atoms with Crippen molar-refractivity contribution in [1.29, 1.82) is 0 Å². The van der Waals surface area contributed by atoms with Gasteiger partial charge in [-0.1, -0.05) is 61.0 Å². The lowest BCUT2D eigenvalue weighted by Gasteiger charge is -2.19. The van der Waals surface area contributed by atoms with Gasteiger partial charge >= 0.3 is 0 Å². The van der Waals surface area contributed by atoms with Gasteiger partial charge in [0, 0.05) is 16.2 Å². The average Bonchev–Trinajstić information content (AvgIpc) is 2.35. The van der Waals surface area contributed by atoms with Gasteiger partial charge in [-0.05, 0) is 28.7 Å². The number of hydrogen-bond acceptors (Lipinski definition) is 2. The van der Waals surface area contributed by atoms with Crippen LogP contribution in [-0.4, -0.2) is 0 Å². The van der Waals surface area contributed by atoms with E-state index in [1.54, 1.807) is 0 Å². The molecular weight excluding hydrogens is 314 g/mol. The van der Waals surface area contributed by atoms with E-state index in [1.165, 1.54) is 5.56 Å². The maximum Gasteiger partial charge on any atom is 0.122 e. The minimum absolute atomic E-state index is 0.179. The van der Waals surface area contributed by atoms with Crippen LogP contribution < -0.4 is 10.5 Å². The predicted octanol–water partition coefficient (Wildman–Crippen LogP) is 4.91. The molecule has 0 aliphatic heterocycles. The van der Waals surface area contributed by atoms with Crippen molar-refractivity contribution < 1.29 is 4.74 Å². The summed E-state index contributed by atoms with van der Waals surface area (Å²) in [6.07, 6.45) is 0. The van der Waals surface area contributed by atoms with E-state index in [0.29, 0.717) is 12.3 Å². The van der Waals surface area contributed by atoms with Gasteiger partial charge in [-0.25, -0.2) is 0 Å². The van der Waals surface area contributed by atoms with Crippen LogP contribution in [0.15, 0.2) is 46.9 Å². The summed E-state index contributed by atoms with van der Waals surface area (Å²) in [5.41, 5.74) is 9.13. The molecule has 0 spiro atoms. The third-order valence-electron chi connectivity index (χ3n) is 3.12. The van der Waals surface area contributed by atoms with E-state index >= 15 is 0 Å². The molecule has 2 N–H and O–H groups in total. The first kappa shape index (κ1) is 14.9. The van der Waals surface area contributed by atoms with Gasteiger partial charge in [0.15, 0.2) is 0 Å². The second kappa shape index (κ2) is 5.88. The van der Waals surface area contributed by atoms with E-state index in [-0.39, 0.29) is 5.41 Å². The Labute approximate surface area is 129 Å². The van der Waals surface area contributed by atoms with Gasteiger partial charge in [-0.2, -0.15) is 0 Å². The molecule has 2 aromatic rings. The zero-order valence-corrected chi connectivity index (χ0v) is 13.7. The van der Waals surface area contributed by atoms with E-state index < -0.39 is 0 Å². The van der Waals surface area contributed by atoms with Crippen molar-refractivity contribution in [2.24, 2.45) is 0 Å². The monoisotopic (exact) mass is 333 g/mol. The Morgan fingerprint density at radius 2 is 1.70 bits per heavy atom. The molecule has 0 radical (unpaired) electrons. The summed E-state index contributed by atoms with van der Waals surface area (Å²) < 4.78 is 6.70. The molecule has 2 rings (SSSR count).